The molecule has 148 valence electrons. The first-order chi connectivity index (χ1) is 14.7. The van der Waals surface area contributed by atoms with Crippen LogP contribution in [-0.2, 0) is 6.61 Å². The van der Waals surface area contributed by atoms with Gasteiger partial charge in [0.25, 0.3) is 0 Å². The topological polar surface area (TPSA) is 35.5 Å². The van der Waals surface area contributed by atoms with Crippen LogP contribution in [0.3, 0.4) is 0 Å². The van der Waals surface area contributed by atoms with Crippen LogP contribution in [0.2, 0.25) is 0 Å². The third-order valence-electron chi connectivity index (χ3n) is 4.94. The summed E-state index contributed by atoms with van der Waals surface area (Å²) in [7, 11) is 1.61. The molecule has 0 fully saturated rings. The maximum atomic E-state index is 12.3. The number of methoxy groups -OCH3 is 1. The van der Waals surface area contributed by atoms with E-state index in [1.807, 2.05) is 54.6 Å². The summed E-state index contributed by atoms with van der Waals surface area (Å²) in [5, 5.41) is 2.37. The van der Waals surface area contributed by atoms with Crippen LogP contribution >= 0.6 is 0 Å². The third-order valence-corrected chi connectivity index (χ3v) is 4.94. The molecule has 3 nitrogen and oxygen atoms in total. The fourth-order valence-electron chi connectivity index (χ4n) is 3.35. The Balaban J connectivity index is 1.50. The number of fused-ring (bicyclic) bond motifs is 1. The van der Waals surface area contributed by atoms with E-state index in [2.05, 4.69) is 24.3 Å². The standard InChI is InChI=1S/C27H22O3/c1-29-27-18-20(14-16-25(28)22-9-3-2-4-10-22)15-17-26(27)30-19-23-12-7-11-21-8-5-6-13-24(21)23/h2-18H,19H2,1H3/b16-14+. The van der Waals surface area contributed by atoms with Crippen LogP contribution in [-0.4, -0.2) is 12.9 Å². The van der Waals surface area contributed by atoms with Crippen LogP contribution in [0.4, 0.5) is 0 Å². The van der Waals surface area contributed by atoms with Gasteiger partial charge in [-0.25, -0.2) is 0 Å². The molecule has 0 aliphatic carbocycles. The normalized spacial score (nSPS) is 11.0. The summed E-state index contributed by atoms with van der Waals surface area (Å²) in [6, 6.07) is 29.3. The van der Waals surface area contributed by atoms with Crippen LogP contribution < -0.4 is 9.47 Å². The van der Waals surface area contributed by atoms with Gasteiger partial charge in [0.2, 0.25) is 0 Å². The van der Waals surface area contributed by atoms with E-state index in [9.17, 15) is 4.79 Å². The molecular weight excluding hydrogens is 372 g/mol. The van der Waals surface area contributed by atoms with Gasteiger partial charge >= 0.3 is 0 Å². The highest BCUT2D eigenvalue weighted by atomic mass is 16.5. The SMILES string of the molecule is COc1cc(/C=C/C(=O)c2ccccc2)ccc1OCc1cccc2ccccc12. The first-order valence-electron chi connectivity index (χ1n) is 9.79. The number of ketones is 1. The molecule has 4 aromatic rings. The van der Waals surface area contributed by atoms with E-state index in [1.165, 1.54) is 10.8 Å². The minimum absolute atomic E-state index is 0.0363. The number of carbonyl (C=O) groups is 1. The molecule has 0 saturated carbocycles. The highest BCUT2D eigenvalue weighted by molar-refractivity contribution is 6.06. The van der Waals surface area contributed by atoms with E-state index in [0.29, 0.717) is 23.7 Å². The van der Waals surface area contributed by atoms with E-state index in [-0.39, 0.29) is 5.78 Å². The van der Waals surface area contributed by atoms with Gasteiger partial charge in [-0.2, -0.15) is 0 Å². The van der Waals surface area contributed by atoms with Crippen LogP contribution in [0.5, 0.6) is 11.5 Å². The number of hydrogen-bond acceptors (Lipinski definition) is 3. The van der Waals surface area contributed by atoms with Crippen LogP contribution in [0.25, 0.3) is 16.8 Å². The smallest absolute Gasteiger partial charge is 0.185 e. The molecule has 3 heteroatoms. The molecule has 0 unspecified atom stereocenters. The summed E-state index contributed by atoms with van der Waals surface area (Å²) in [5.74, 6) is 1.26. The molecule has 0 aliphatic heterocycles. The number of ether oxygens (including phenoxy) is 2. The van der Waals surface area contributed by atoms with Gasteiger partial charge in [-0.05, 0) is 40.1 Å². The lowest BCUT2D eigenvalue weighted by Gasteiger charge is -2.13. The Bertz CT molecular complexity index is 1190. The van der Waals surface area contributed by atoms with Crippen molar-refractivity contribution in [2.45, 2.75) is 6.61 Å². The summed E-state index contributed by atoms with van der Waals surface area (Å²) in [6.07, 6.45) is 3.35. The lowest BCUT2D eigenvalue weighted by molar-refractivity contribution is 0.104. The second-order valence-electron chi connectivity index (χ2n) is 6.90. The Morgan fingerprint density at radius 3 is 2.43 bits per heavy atom. The Hall–Kier alpha value is -3.85. The van der Waals surface area contributed by atoms with Crippen molar-refractivity contribution < 1.29 is 14.3 Å². The Labute approximate surface area is 176 Å². The minimum Gasteiger partial charge on any atom is -0.493 e. The second kappa shape index (κ2) is 9.10. The maximum absolute atomic E-state index is 12.3. The van der Waals surface area contributed by atoms with Crippen molar-refractivity contribution in [2.24, 2.45) is 0 Å². The molecule has 0 heterocycles. The highest BCUT2D eigenvalue weighted by Crippen LogP contribution is 2.30. The third kappa shape index (κ3) is 4.41. The van der Waals surface area contributed by atoms with Crippen LogP contribution in [0, 0.1) is 0 Å². The summed E-state index contributed by atoms with van der Waals surface area (Å²) >= 11 is 0. The zero-order chi connectivity index (χ0) is 20.8. The van der Waals surface area contributed by atoms with Crippen molar-refractivity contribution in [1.82, 2.24) is 0 Å². The lowest BCUT2D eigenvalue weighted by Crippen LogP contribution is -1.99. The lowest BCUT2D eigenvalue weighted by atomic mass is 10.1. The summed E-state index contributed by atoms with van der Waals surface area (Å²) in [4.78, 5) is 12.3. The van der Waals surface area contributed by atoms with Gasteiger partial charge in [-0.3, -0.25) is 4.79 Å². The molecule has 0 spiro atoms. The van der Waals surface area contributed by atoms with Gasteiger partial charge in [0.1, 0.15) is 6.61 Å². The van der Waals surface area contributed by atoms with Gasteiger partial charge in [-0.1, -0.05) is 84.9 Å². The zero-order valence-electron chi connectivity index (χ0n) is 16.7. The maximum Gasteiger partial charge on any atom is 0.185 e. The molecule has 0 saturated heterocycles. The molecule has 0 bridgehead atoms. The number of allylic oxidation sites excluding steroid dienone is 1. The Morgan fingerprint density at radius 2 is 1.60 bits per heavy atom. The van der Waals surface area contributed by atoms with E-state index < -0.39 is 0 Å². The first-order valence-corrected chi connectivity index (χ1v) is 9.79. The van der Waals surface area contributed by atoms with Gasteiger partial charge in [0.05, 0.1) is 7.11 Å². The zero-order valence-corrected chi connectivity index (χ0v) is 16.7. The monoisotopic (exact) mass is 394 g/mol. The minimum atomic E-state index is -0.0363. The van der Waals surface area contributed by atoms with Crippen LogP contribution in [0.15, 0.2) is 97.1 Å². The quantitative estimate of drug-likeness (QED) is 0.272. The summed E-state index contributed by atoms with van der Waals surface area (Å²) in [6.45, 7) is 0.444. The predicted molar refractivity (Wildman–Crippen MR) is 121 cm³/mol. The molecule has 0 atom stereocenters. The van der Waals surface area contributed by atoms with Gasteiger partial charge in [0.15, 0.2) is 17.3 Å². The molecule has 0 aliphatic rings. The average Bonchev–Trinajstić information content (AvgIpc) is 2.82. The molecule has 4 rings (SSSR count). The molecule has 0 N–H and O–H groups in total. The van der Waals surface area contributed by atoms with Crippen LogP contribution in [0.1, 0.15) is 21.5 Å². The molecular formula is C27H22O3. The highest BCUT2D eigenvalue weighted by Gasteiger charge is 2.08. The Kier molecular flexibility index (Phi) is 5.90. The summed E-state index contributed by atoms with van der Waals surface area (Å²) < 4.78 is 11.6. The summed E-state index contributed by atoms with van der Waals surface area (Å²) in [5.41, 5.74) is 2.65. The number of carbonyl (C=O) groups excluding carboxylic acids is 1. The largest absolute Gasteiger partial charge is 0.493 e. The van der Waals surface area contributed by atoms with Crippen molar-refractivity contribution in [3.8, 4) is 11.5 Å². The van der Waals surface area contributed by atoms with E-state index >= 15 is 0 Å². The van der Waals surface area contributed by atoms with Gasteiger partial charge in [-0.15, -0.1) is 0 Å². The number of hydrogen-bond donors (Lipinski definition) is 0. The molecule has 30 heavy (non-hydrogen) atoms. The van der Waals surface area contributed by atoms with Crippen molar-refractivity contribution in [3.05, 3.63) is 114 Å². The van der Waals surface area contributed by atoms with E-state index in [0.717, 1.165) is 11.1 Å². The van der Waals surface area contributed by atoms with E-state index in [1.54, 1.807) is 31.4 Å². The molecule has 0 amide bonds. The number of benzene rings is 4. The van der Waals surface area contributed by atoms with Crippen molar-refractivity contribution in [1.29, 1.82) is 0 Å². The molecule has 4 aromatic carbocycles. The fraction of sp³-hybridized carbons (Fsp3) is 0.0741. The van der Waals surface area contributed by atoms with E-state index in [4.69, 9.17) is 9.47 Å². The van der Waals surface area contributed by atoms with Crippen molar-refractivity contribution in [3.63, 3.8) is 0 Å². The average molecular weight is 394 g/mol. The second-order valence-corrected chi connectivity index (χ2v) is 6.90. The van der Waals surface area contributed by atoms with Gasteiger partial charge < -0.3 is 9.47 Å². The fourth-order valence-corrected chi connectivity index (χ4v) is 3.35. The predicted octanol–water partition coefficient (Wildman–Crippen LogP) is 6.32. The first kappa shape index (κ1) is 19.5. The molecule has 0 radical (unpaired) electrons. The van der Waals surface area contributed by atoms with Gasteiger partial charge in [0, 0.05) is 5.56 Å². The van der Waals surface area contributed by atoms with Crippen molar-refractivity contribution in [2.75, 3.05) is 7.11 Å². The molecule has 0 aromatic heterocycles. The Morgan fingerprint density at radius 1 is 0.833 bits per heavy atom. The number of rotatable bonds is 7. The van der Waals surface area contributed by atoms with Crippen molar-refractivity contribution >= 4 is 22.6 Å².